The second-order valence-corrected chi connectivity index (χ2v) is 6.11. The number of ether oxygens (including phenoxy) is 4. The van der Waals surface area contributed by atoms with Crippen molar-refractivity contribution in [3.05, 3.63) is 58.2 Å². The number of hydrogen-bond acceptors (Lipinski definition) is 6. The highest BCUT2D eigenvalue weighted by atomic mass is 35.5. The Morgan fingerprint density at radius 3 is 2.26 bits per heavy atom. The van der Waals surface area contributed by atoms with Gasteiger partial charge in [0.15, 0.2) is 17.2 Å². The number of esters is 1. The van der Waals surface area contributed by atoms with Crippen LogP contribution in [-0.2, 0) is 16.0 Å². The van der Waals surface area contributed by atoms with Crippen molar-refractivity contribution in [2.45, 2.75) is 6.42 Å². The Kier molecular flexibility index (Phi) is 5.66. The lowest BCUT2D eigenvalue weighted by Crippen LogP contribution is -2.06. The first kappa shape index (κ1) is 18.8. The summed E-state index contributed by atoms with van der Waals surface area (Å²) in [5.41, 5.74) is 1.75. The fourth-order valence-electron chi connectivity index (χ4n) is 2.62. The first-order valence-electron chi connectivity index (χ1n) is 8.10. The van der Waals surface area contributed by atoms with E-state index in [0.717, 1.165) is 5.56 Å². The van der Waals surface area contributed by atoms with Gasteiger partial charge in [-0.05, 0) is 29.8 Å². The minimum absolute atomic E-state index is 0.185. The monoisotopic (exact) mass is 387 g/mol. The Morgan fingerprint density at radius 1 is 1.00 bits per heavy atom. The van der Waals surface area contributed by atoms with Crippen LogP contribution in [0.1, 0.15) is 11.1 Å². The molecule has 0 bridgehead atoms. The summed E-state index contributed by atoms with van der Waals surface area (Å²) in [6.45, 7) is 0. The van der Waals surface area contributed by atoms with Crippen molar-refractivity contribution in [2.24, 2.45) is 4.99 Å². The van der Waals surface area contributed by atoms with Crippen LogP contribution in [-0.4, -0.2) is 33.2 Å². The Balaban J connectivity index is 1.90. The van der Waals surface area contributed by atoms with Crippen LogP contribution in [0, 0.1) is 0 Å². The maximum Gasteiger partial charge on any atom is 0.363 e. The maximum atomic E-state index is 12.2. The fraction of sp³-hybridized carbons (Fsp3) is 0.200. The van der Waals surface area contributed by atoms with Gasteiger partial charge in [0.25, 0.3) is 0 Å². The number of aliphatic imine (C=N–C) groups is 1. The molecule has 1 aliphatic rings. The smallest absolute Gasteiger partial charge is 0.363 e. The van der Waals surface area contributed by atoms with E-state index < -0.39 is 5.97 Å². The highest BCUT2D eigenvalue weighted by Crippen LogP contribution is 2.36. The van der Waals surface area contributed by atoms with E-state index in [2.05, 4.69) is 4.99 Å². The van der Waals surface area contributed by atoms with Crippen molar-refractivity contribution < 1.29 is 23.7 Å². The number of rotatable bonds is 6. The average molecular weight is 388 g/mol. The summed E-state index contributed by atoms with van der Waals surface area (Å²) in [5.74, 6) is 1.37. The van der Waals surface area contributed by atoms with Crippen molar-refractivity contribution >= 4 is 29.5 Å². The lowest BCUT2D eigenvalue weighted by atomic mass is 10.1. The maximum absolute atomic E-state index is 12.2. The summed E-state index contributed by atoms with van der Waals surface area (Å²) < 4.78 is 21.2. The molecular formula is C20H18ClNO5. The van der Waals surface area contributed by atoms with E-state index in [0.29, 0.717) is 40.2 Å². The normalized spacial score (nSPS) is 14.7. The molecule has 27 heavy (non-hydrogen) atoms. The van der Waals surface area contributed by atoms with Gasteiger partial charge in [-0.1, -0.05) is 23.7 Å². The third-order valence-electron chi connectivity index (χ3n) is 3.96. The highest BCUT2D eigenvalue weighted by Gasteiger charge is 2.24. The number of benzene rings is 2. The molecule has 0 radical (unpaired) electrons. The van der Waals surface area contributed by atoms with Crippen LogP contribution in [0.4, 0.5) is 0 Å². The second-order valence-electron chi connectivity index (χ2n) is 5.68. The van der Waals surface area contributed by atoms with Crippen molar-refractivity contribution in [1.82, 2.24) is 0 Å². The number of hydrogen-bond donors (Lipinski definition) is 0. The summed E-state index contributed by atoms with van der Waals surface area (Å²) in [6.07, 6.45) is 1.99. The summed E-state index contributed by atoms with van der Waals surface area (Å²) in [5, 5.41) is 0.644. The molecule has 140 valence electrons. The molecule has 0 fully saturated rings. The average Bonchev–Trinajstić information content (AvgIpc) is 3.02. The second kappa shape index (κ2) is 8.14. The summed E-state index contributed by atoms with van der Waals surface area (Å²) >= 11 is 5.88. The minimum Gasteiger partial charge on any atom is -0.496 e. The first-order chi connectivity index (χ1) is 13.0. The lowest BCUT2D eigenvalue weighted by molar-refractivity contribution is -0.130. The molecule has 0 aliphatic carbocycles. The molecule has 2 aromatic rings. The highest BCUT2D eigenvalue weighted by molar-refractivity contribution is 6.30. The third-order valence-corrected chi connectivity index (χ3v) is 4.21. The summed E-state index contributed by atoms with van der Waals surface area (Å²) in [6, 6.07) is 10.7. The molecule has 0 unspecified atom stereocenters. The Labute approximate surface area is 162 Å². The van der Waals surface area contributed by atoms with Crippen LogP contribution >= 0.6 is 11.6 Å². The third kappa shape index (κ3) is 4.23. The lowest BCUT2D eigenvalue weighted by Gasteiger charge is -2.12. The predicted molar refractivity (Wildman–Crippen MR) is 103 cm³/mol. The molecule has 0 saturated heterocycles. The van der Waals surface area contributed by atoms with Gasteiger partial charge in [0, 0.05) is 23.1 Å². The molecule has 0 saturated carbocycles. The van der Waals surface area contributed by atoms with Gasteiger partial charge in [0.05, 0.1) is 21.3 Å². The van der Waals surface area contributed by atoms with E-state index >= 15 is 0 Å². The number of nitrogens with zero attached hydrogens (tertiary/aromatic N) is 1. The molecule has 2 aromatic carbocycles. The first-order valence-corrected chi connectivity index (χ1v) is 8.47. The molecule has 6 nitrogen and oxygen atoms in total. The predicted octanol–water partition coefficient (Wildman–Crippen LogP) is 3.90. The zero-order valence-electron chi connectivity index (χ0n) is 15.1. The Hall–Kier alpha value is -2.99. The molecule has 0 spiro atoms. The summed E-state index contributed by atoms with van der Waals surface area (Å²) in [4.78, 5) is 16.5. The number of halogens is 1. The van der Waals surface area contributed by atoms with Crippen LogP contribution in [0.5, 0.6) is 17.2 Å². The van der Waals surface area contributed by atoms with Gasteiger partial charge in [-0.3, -0.25) is 0 Å². The fourth-order valence-corrected chi connectivity index (χ4v) is 2.74. The van der Waals surface area contributed by atoms with Gasteiger partial charge in [-0.25, -0.2) is 9.79 Å². The molecule has 0 amide bonds. The van der Waals surface area contributed by atoms with Crippen LogP contribution in [0.3, 0.4) is 0 Å². The molecule has 1 heterocycles. The van der Waals surface area contributed by atoms with Gasteiger partial charge < -0.3 is 18.9 Å². The van der Waals surface area contributed by atoms with Gasteiger partial charge in [0.2, 0.25) is 5.90 Å². The quantitative estimate of drug-likeness (QED) is 0.555. The number of methoxy groups -OCH3 is 3. The standard InChI is InChI=1S/C20H18ClNO5/c1-24-16-11-18(26-3)17(25-2)10-13(16)9-15-20(23)27-19(22-15)8-12-4-6-14(21)7-5-12/h4-7,9-11H,8H2,1-3H3/b15-9-. The SMILES string of the molecule is COc1cc(OC)c(OC)cc1/C=C1\N=C(Cc2ccc(Cl)cc2)OC1=O. The largest absolute Gasteiger partial charge is 0.496 e. The zero-order valence-corrected chi connectivity index (χ0v) is 15.9. The van der Waals surface area contributed by atoms with E-state index in [4.69, 9.17) is 30.5 Å². The minimum atomic E-state index is -0.518. The van der Waals surface area contributed by atoms with E-state index in [1.54, 1.807) is 30.3 Å². The molecule has 7 heteroatoms. The molecule has 0 N–H and O–H groups in total. The van der Waals surface area contributed by atoms with Crippen LogP contribution in [0.2, 0.25) is 5.02 Å². The molecule has 3 rings (SSSR count). The van der Waals surface area contributed by atoms with Gasteiger partial charge in [0.1, 0.15) is 5.75 Å². The topological polar surface area (TPSA) is 66.3 Å². The Bertz CT molecular complexity index is 919. The molecule has 1 aliphatic heterocycles. The van der Waals surface area contributed by atoms with E-state index in [9.17, 15) is 4.79 Å². The van der Waals surface area contributed by atoms with E-state index in [1.165, 1.54) is 21.3 Å². The van der Waals surface area contributed by atoms with E-state index in [-0.39, 0.29) is 5.70 Å². The number of carbonyl (C=O) groups is 1. The van der Waals surface area contributed by atoms with Crippen LogP contribution in [0.15, 0.2) is 47.1 Å². The van der Waals surface area contributed by atoms with Crippen molar-refractivity contribution in [2.75, 3.05) is 21.3 Å². The van der Waals surface area contributed by atoms with Crippen molar-refractivity contribution in [3.63, 3.8) is 0 Å². The van der Waals surface area contributed by atoms with Crippen LogP contribution < -0.4 is 14.2 Å². The molecule has 0 atom stereocenters. The van der Waals surface area contributed by atoms with Crippen LogP contribution in [0.25, 0.3) is 6.08 Å². The molecule has 0 aromatic heterocycles. The molecular weight excluding hydrogens is 370 g/mol. The van der Waals surface area contributed by atoms with Crippen molar-refractivity contribution in [3.8, 4) is 17.2 Å². The van der Waals surface area contributed by atoms with Crippen molar-refractivity contribution in [1.29, 1.82) is 0 Å². The Morgan fingerprint density at radius 2 is 1.63 bits per heavy atom. The number of cyclic esters (lactones) is 1. The van der Waals surface area contributed by atoms with Gasteiger partial charge in [-0.2, -0.15) is 0 Å². The summed E-state index contributed by atoms with van der Waals surface area (Å²) in [7, 11) is 4.61. The number of carbonyl (C=O) groups excluding carboxylic acids is 1. The zero-order chi connectivity index (χ0) is 19.4. The van der Waals surface area contributed by atoms with Gasteiger partial charge >= 0.3 is 5.97 Å². The van der Waals surface area contributed by atoms with E-state index in [1.807, 2.05) is 12.1 Å². The van der Waals surface area contributed by atoms with Gasteiger partial charge in [-0.15, -0.1) is 0 Å².